The number of halogens is 1. The Labute approximate surface area is 148 Å². The first-order valence-corrected chi connectivity index (χ1v) is 9.49. The molecule has 0 bridgehead atoms. The van der Waals surface area contributed by atoms with E-state index in [1.807, 2.05) is 12.2 Å². The van der Waals surface area contributed by atoms with Gasteiger partial charge in [0.2, 0.25) is 0 Å². The number of aromatic nitrogens is 1. The van der Waals surface area contributed by atoms with E-state index in [4.69, 9.17) is 0 Å². The molecule has 0 aliphatic carbocycles. The van der Waals surface area contributed by atoms with Crippen molar-refractivity contribution in [2.24, 2.45) is 0 Å². The standard InChI is InChI=1S/C16H20BrNS.C3H8/c1-5-8-10-14(12(4)9-6-2)13(7-3)15-11-19-16(17)18-15;1-3-2/h5,7-8,10-11H,1,6,9H2,2-4H3;3H2,1-2H3/b10-8-,13-7+,14-12-;. The molecule has 3 heteroatoms. The van der Waals surface area contributed by atoms with Gasteiger partial charge in [-0.15, -0.1) is 11.3 Å². The lowest BCUT2D eigenvalue weighted by Crippen LogP contribution is -1.93. The van der Waals surface area contributed by atoms with E-state index < -0.39 is 0 Å². The summed E-state index contributed by atoms with van der Waals surface area (Å²) >= 11 is 5.04. The molecule has 0 N–H and O–H groups in total. The minimum absolute atomic E-state index is 0.919. The molecule has 0 atom stereocenters. The molecule has 0 spiro atoms. The van der Waals surface area contributed by atoms with Gasteiger partial charge in [0.25, 0.3) is 0 Å². The van der Waals surface area contributed by atoms with Crippen LogP contribution in [0.15, 0.2) is 51.3 Å². The number of rotatable bonds is 6. The van der Waals surface area contributed by atoms with Crippen LogP contribution in [0, 0.1) is 0 Å². The monoisotopic (exact) mass is 381 g/mol. The first-order chi connectivity index (χ1) is 10.5. The molecular formula is C19H28BrNS. The van der Waals surface area contributed by atoms with Crippen molar-refractivity contribution in [3.63, 3.8) is 0 Å². The summed E-state index contributed by atoms with van der Waals surface area (Å²) in [7, 11) is 0. The molecule has 0 amide bonds. The van der Waals surface area contributed by atoms with Crippen molar-refractivity contribution in [2.75, 3.05) is 0 Å². The van der Waals surface area contributed by atoms with Crippen LogP contribution in [0.5, 0.6) is 0 Å². The average molecular weight is 382 g/mol. The van der Waals surface area contributed by atoms with Gasteiger partial charge in [0.15, 0.2) is 3.92 Å². The predicted molar refractivity (Wildman–Crippen MR) is 106 cm³/mol. The maximum Gasteiger partial charge on any atom is 0.159 e. The van der Waals surface area contributed by atoms with Crippen LogP contribution >= 0.6 is 27.3 Å². The molecule has 0 aliphatic heterocycles. The zero-order valence-corrected chi connectivity index (χ0v) is 16.9. The molecule has 0 radical (unpaired) electrons. The average Bonchev–Trinajstić information content (AvgIpc) is 2.90. The second kappa shape index (κ2) is 12.6. The molecule has 0 aliphatic rings. The van der Waals surface area contributed by atoms with Gasteiger partial charge in [0, 0.05) is 11.0 Å². The van der Waals surface area contributed by atoms with Crippen molar-refractivity contribution in [1.29, 1.82) is 0 Å². The molecule has 22 heavy (non-hydrogen) atoms. The topological polar surface area (TPSA) is 12.9 Å². The fraction of sp³-hybridized carbons (Fsp3) is 0.421. The van der Waals surface area contributed by atoms with E-state index in [1.165, 1.54) is 23.1 Å². The van der Waals surface area contributed by atoms with Gasteiger partial charge in [-0.2, -0.15) is 0 Å². The highest BCUT2D eigenvalue weighted by molar-refractivity contribution is 9.11. The van der Waals surface area contributed by atoms with Gasteiger partial charge in [-0.3, -0.25) is 0 Å². The number of allylic oxidation sites excluding steroid dienone is 7. The van der Waals surface area contributed by atoms with Gasteiger partial charge in [0.05, 0.1) is 5.69 Å². The summed E-state index contributed by atoms with van der Waals surface area (Å²) in [6, 6.07) is 0. The summed E-state index contributed by atoms with van der Waals surface area (Å²) in [5, 5.41) is 2.08. The first kappa shape index (κ1) is 21.1. The highest BCUT2D eigenvalue weighted by atomic mass is 79.9. The summed E-state index contributed by atoms with van der Waals surface area (Å²) in [6.07, 6.45) is 11.5. The van der Waals surface area contributed by atoms with Gasteiger partial charge in [0.1, 0.15) is 0 Å². The van der Waals surface area contributed by atoms with E-state index in [0.717, 1.165) is 22.5 Å². The smallest absolute Gasteiger partial charge is 0.159 e. The van der Waals surface area contributed by atoms with Crippen molar-refractivity contribution in [2.45, 2.75) is 53.9 Å². The van der Waals surface area contributed by atoms with Gasteiger partial charge >= 0.3 is 0 Å². The molecule has 122 valence electrons. The Hall–Kier alpha value is -0.930. The molecule has 1 aromatic heterocycles. The largest absolute Gasteiger partial charge is 0.229 e. The zero-order valence-electron chi connectivity index (χ0n) is 14.4. The minimum atomic E-state index is 0.919. The lowest BCUT2D eigenvalue weighted by Gasteiger charge is -2.10. The third-order valence-corrected chi connectivity index (χ3v) is 4.18. The fourth-order valence-electron chi connectivity index (χ4n) is 1.95. The molecule has 0 unspecified atom stereocenters. The number of hydrogen-bond acceptors (Lipinski definition) is 2. The quantitative estimate of drug-likeness (QED) is 0.462. The van der Waals surface area contributed by atoms with Crippen molar-refractivity contribution < 1.29 is 0 Å². The highest BCUT2D eigenvalue weighted by Crippen LogP contribution is 2.30. The molecule has 0 fully saturated rings. The van der Waals surface area contributed by atoms with Crippen LogP contribution in [0.1, 0.15) is 59.6 Å². The predicted octanol–water partition coefficient (Wildman–Crippen LogP) is 7.58. The molecule has 1 aromatic rings. The Morgan fingerprint density at radius 3 is 2.41 bits per heavy atom. The fourth-order valence-corrected chi connectivity index (χ4v) is 2.96. The number of thiazole rings is 1. The van der Waals surface area contributed by atoms with Gasteiger partial charge in [-0.1, -0.05) is 70.1 Å². The Bertz CT molecular complexity index is 535. The molecule has 0 saturated carbocycles. The Morgan fingerprint density at radius 2 is 2.00 bits per heavy atom. The van der Waals surface area contributed by atoms with E-state index >= 15 is 0 Å². The van der Waals surface area contributed by atoms with Crippen molar-refractivity contribution in [3.05, 3.63) is 57.0 Å². The maximum atomic E-state index is 4.53. The first-order valence-electron chi connectivity index (χ1n) is 7.82. The van der Waals surface area contributed by atoms with Crippen LogP contribution in [0.2, 0.25) is 0 Å². The third-order valence-electron chi connectivity index (χ3n) is 2.81. The van der Waals surface area contributed by atoms with E-state index in [2.05, 4.69) is 79.6 Å². The minimum Gasteiger partial charge on any atom is -0.229 e. The van der Waals surface area contributed by atoms with Gasteiger partial charge in [-0.25, -0.2) is 4.98 Å². The molecule has 1 heterocycles. The summed E-state index contributed by atoms with van der Waals surface area (Å²) in [5.74, 6) is 0. The lowest BCUT2D eigenvalue weighted by atomic mass is 9.95. The zero-order chi connectivity index (χ0) is 17.0. The van der Waals surface area contributed by atoms with Crippen LogP contribution in [0.4, 0.5) is 0 Å². The van der Waals surface area contributed by atoms with Crippen molar-refractivity contribution in [1.82, 2.24) is 4.98 Å². The molecule has 0 aromatic carbocycles. The molecular weight excluding hydrogens is 354 g/mol. The number of hydrogen-bond donors (Lipinski definition) is 0. The van der Waals surface area contributed by atoms with E-state index in [-0.39, 0.29) is 0 Å². The molecule has 1 rings (SSSR count). The van der Waals surface area contributed by atoms with E-state index in [9.17, 15) is 0 Å². The van der Waals surface area contributed by atoms with Gasteiger partial charge < -0.3 is 0 Å². The summed E-state index contributed by atoms with van der Waals surface area (Å²) in [5.41, 5.74) is 4.85. The van der Waals surface area contributed by atoms with Crippen LogP contribution in [0.3, 0.4) is 0 Å². The Balaban J connectivity index is 0.00000135. The van der Waals surface area contributed by atoms with Crippen molar-refractivity contribution >= 4 is 32.8 Å². The van der Waals surface area contributed by atoms with Gasteiger partial charge in [-0.05, 0) is 41.8 Å². The van der Waals surface area contributed by atoms with E-state index in [0.29, 0.717) is 0 Å². The summed E-state index contributed by atoms with van der Waals surface area (Å²) in [4.78, 5) is 4.53. The van der Waals surface area contributed by atoms with Crippen molar-refractivity contribution in [3.8, 4) is 0 Å². The molecule has 0 saturated heterocycles. The Kier molecular flexibility index (Phi) is 12.1. The van der Waals surface area contributed by atoms with Crippen LogP contribution in [0.25, 0.3) is 5.57 Å². The second-order valence-corrected chi connectivity index (χ2v) is 7.07. The highest BCUT2D eigenvalue weighted by Gasteiger charge is 2.11. The van der Waals surface area contributed by atoms with Crippen LogP contribution < -0.4 is 0 Å². The third kappa shape index (κ3) is 7.37. The van der Waals surface area contributed by atoms with E-state index in [1.54, 1.807) is 11.3 Å². The summed E-state index contributed by atoms with van der Waals surface area (Å²) in [6.45, 7) is 14.5. The van der Waals surface area contributed by atoms with Crippen LogP contribution in [-0.2, 0) is 0 Å². The lowest BCUT2D eigenvalue weighted by molar-refractivity contribution is 0.900. The maximum absolute atomic E-state index is 4.53. The molecule has 1 nitrogen and oxygen atoms in total. The second-order valence-electron chi connectivity index (χ2n) is 4.93. The van der Waals surface area contributed by atoms with Crippen LogP contribution in [-0.4, -0.2) is 4.98 Å². The number of nitrogens with zero attached hydrogens (tertiary/aromatic N) is 1. The SMILES string of the molecule is C=C\C=C/C(=C(\C)CCC)C(=C\C)/c1csc(Br)n1.CCC. The normalized spacial score (nSPS) is 12.7. The Morgan fingerprint density at radius 1 is 1.36 bits per heavy atom. The summed E-state index contributed by atoms with van der Waals surface area (Å²) < 4.78 is 0.919.